The molecule has 0 spiro atoms. The van der Waals surface area contributed by atoms with Gasteiger partial charge in [0.05, 0.1) is 29.8 Å². The van der Waals surface area contributed by atoms with Crippen molar-refractivity contribution in [3.05, 3.63) is 105 Å². The number of nitrogens with one attached hydrogen (secondary N) is 6. The van der Waals surface area contributed by atoms with Gasteiger partial charge in [-0.2, -0.15) is 0 Å². The lowest BCUT2D eigenvalue weighted by molar-refractivity contribution is -0.135. The smallest absolute Gasteiger partial charge is 0.329 e. The van der Waals surface area contributed by atoms with Crippen LogP contribution in [-0.4, -0.2) is 106 Å². The van der Waals surface area contributed by atoms with E-state index < -0.39 is 18.4 Å². The summed E-state index contributed by atoms with van der Waals surface area (Å²) in [5, 5.41) is 29.8. The summed E-state index contributed by atoms with van der Waals surface area (Å²) in [6.07, 6.45) is 7.98. The number of aryl methyl sites for hydroxylation is 3. The highest BCUT2D eigenvalue weighted by Gasteiger charge is 2.33. The number of rotatable bonds is 15. The summed E-state index contributed by atoms with van der Waals surface area (Å²) >= 11 is 0. The largest absolute Gasteiger partial charge is 0.393 e. The first-order valence-electron chi connectivity index (χ1n) is 23.2. The van der Waals surface area contributed by atoms with Crippen LogP contribution in [-0.2, 0) is 40.8 Å². The van der Waals surface area contributed by atoms with Crippen molar-refractivity contribution in [3.8, 4) is 0 Å². The van der Waals surface area contributed by atoms with Crippen molar-refractivity contribution in [2.75, 3.05) is 56.5 Å². The molecule has 8 rings (SSSR count). The van der Waals surface area contributed by atoms with Crippen LogP contribution in [0.2, 0.25) is 0 Å². The first-order valence-corrected chi connectivity index (χ1v) is 23.2. The molecule has 16 nitrogen and oxygen atoms in total. The van der Waals surface area contributed by atoms with Gasteiger partial charge < -0.3 is 36.1 Å². The molecule has 354 valence electrons. The Bertz CT molecular complexity index is 2680. The summed E-state index contributed by atoms with van der Waals surface area (Å²) in [6.45, 7) is 6.17. The molecule has 18 heteroatoms. The SMILES string of the molecule is CN/C=C(\C=N)c1cc2c(cc1C(F)F)N(C(=N)C1=C(NC3CCN(CCCc4ccc(CNc5ccc6c(c5)n(C)c(=O)n6C5CCC(=O)NC5=O)nc4)CC3)CCN(C(C)=O)C1)CCC2. The molecular weight excluding hydrogens is 859 g/mol. The topological polar surface area (TPSA) is 197 Å². The van der Waals surface area contributed by atoms with E-state index in [0.717, 1.165) is 91.7 Å². The number of imide groups is 1. The molecule has 0 saturated carbocycles. The molecule has 4 aliphatic rings. The van der Waals surface area contributed by atoms with E-state index >= 15 is 0 Å². The third-order valence-electron chi connectivity index (χ3n) is 13.6. The summed E-state index contributed by atoms with van der Waals surface area (Å²) in [6, 6.07) is 12.4. The van der Waals surface area contributed by atoms with E-state index in [1.165, 1.54) is 22.1 Å². The maximum atomic E-state index is 14.5. The molecule has 0 radical (unpaired) electrons. The molecule has 2 aromatic carbocycles. The maximum absolute atomic E-state index is 14.5. The first-order chi connectivity index (χ1) is 32.3. The summed E-state index contributed by atoms with van der Waals surface area (Å²) in [4.78, 5) is 60.7. The lowest BCUT2D eigenvalue weighted by Crippen LogP contribution is -2.48. The van der Waals surface area contributed by atoms with Crippen LogP contribution < -0.4 is 31.9 Å². The second kappa shape index (κ2) is 20.4. The number of allylic oxidation sites excluding steroid dienone is 1. The van der Waals surface area contributed by atoms with Crippen molar-refractivity contribution in [2.24, 2.45) is 7.05 Å². The number of nitrogens with zero attached hydrogens (tertiary/aromatic N) is 6. The Labute approximate surface area is 388 Å². The molecule has 1 atom stereocenters. The summed E-state index contributed by atoms with van der Waals surface area (Å²) in [5.74, 6) is -0.626. The molecule has 2 fully saturated rings. The zero-order valence-corrected chi connectivity index (χ0v) is 38.4. The van der Waals surface area contributed by atoms with Gasteiger partial charge in [-0.1, -0.05) is 6.07 Å². The van der Waals surface area contributed by atoms with Gasteiger partial charge in [0.1, 0.15) is 11.9 Å². The number of halogens is 2. The molecule has 3 amide bonds. The number of amides is 3. The maximum Gasteiger partial charge on any atom is 0.329 e. The fourth-order valence-corrected chi connectivity index (χ4v) is 9.89. The van der Waals surface area contributed by atoms with Crippen molar-refractivity contribution in [3.63, 3.8) is 0 Å². The van der Waals surface area contributed by atoms with Crippen molar-refractivity contribution in [2.45, 2.75) is 89.8 Å². The van der Waals surface area contributed by atoms with Gasteiger partial charge >= 0.3 is 5.69 Å². The van der Waals surface area contributed by atoms with E-state index in [0.29, 0.717) is 60.3 Å². The predicted octanol–water partition coefficient (Wildman–Crippen LogP) is 5.40. The highest BCUT2D eigenvalue weighted by atomic mass is 19.3. The molecule has 0 bridgehead atoms. The van der Waals surface area contributed by atoms with Gasteiger partial charge in [0.15, 0.2) is 0 Å². The van der Waals surface area contributed by atoms with Crippen LogP contribution in [0.15, 0.2) is 70.9 Å². The Morgan fingerprint density at radius 3 is 2.51 bits per heavy atom. The second-order valence-corrected chi connectivity index (χ2v) is 17.9. The van der Waals surface area contributed by atoms with Crippen molar-refractivity contribution >= 4 is 57.8 Å². The lowest BCUT2D eigenvalue weighted by Gasteiger charge is -2.39. The van der Waals surface area contributed by atoms with Gasteiger partial charge in [0.2, 0.25) is 17.7 Å². The average molecular weight is 919 g/mol. The molecule has 0 aliphatic carbocycles. The molecule has 1 unspecified atom stereocenters. The zero-order chi connectivity index (χ0) is 47.4. The van der Waals surface area contributed by atoms with Crippen LogP contribution in [0.4, 0.5) is 20.2 Å². The number of amidine groups is 1. The van der Waals surface area contributed by atoms with Gasteiger partial charge in [-0.15, -0.1) is 0 Å². The number of aromatic nitrogens is 3. The first kappa shape index (κ1) is 46.8. The highest BCUT2D eigenvalue weighted by Crippen LogP contribution is 2.38. The number of likely N-dealkylation sites (tertiary alicyclic amines) is 1. The minimum absolute atomic E-state index is 0.0657. The van der Waals surface area contributed by atoms with Crippen molar-refractivity contribution in [1.29, 1.82) is 10.8 Å². The molecule has 4 aromatic rings. The molecule has 6 N–H and O–H groups in total. The number of alkyl halides is 2. The Morgan fingerprint density at radius 2 is 1.81 bits per heavy atom. The molecule has 2 aromatic heterocycles. The normalized spacial score (nSPS) is 18.6. The van der Waals surface area contributed by atoms with Crippen LogP contribution in [0.5, 0.6) is 0 Å². The molecule has 6 heterocycles. The molecule has 67 heavy (non-hydrogen) atoms. The monoisotopic (exact) mass is 918 g/mol. The van der Waals surface area contributed by atoms with Gasteiger partial charge in [0.25, 0.3) is 6.43 Å². The third kappa shape index (κ3) is 10.2. The standard InChI is InChI=1S/C49H60F2N12O4/c1-30(64)61-21-16-40(39(29-61)47(53)62-18-5-7-32-22-37(33(25-52)27-54-2)38(46(50)51)24-43(32)62)57-34-14-19-60(20-15-34)17-4-6-31-8-9-36(55-26-31)28-56-35-10-11-41-44(23-35)59(3)49(67)63(41)42-12-13-45(65)58-48(42)66/h8-11,22-27,34,42,46,52-54,56-57H,4-7,12-21,28-29H2,1-3H3,(H,58,65,66)/b33-27+,52-25?,53-47?. The minimum atomic E-state index is -2.77. The van der Waals surface area contributed by atoms with Gasteiger partial charge in [0, 0.05) is 118 Å². The number of piperidine rings is 2. The van der Waals surface area contributed by atoms with Gasteiger partial charge in [-0.25, -0.2) is 13.6 Å². The fraction of sp³-hybridized carbons (Fsp3) is 0.449. The van der Waals surface area contributed by atoms with E-state index in [1.54, 1.807) is 31.3 Å². The molecular formula is C49H60F2N12O4. The average Bonchev–Trinajstić information content (AvgIpc) is 3.57. The quantitative estimate of drug-likeness (QED) is 0.0511. The van der Waals surface area contributed by atoms with E-state index in [2.05, 4.69) is 32.2 Å². The Hall–Kier alpha value is -6.69. The number of anilines is 2. The van der Waals surface area contributed by atoms with Crippen LogP contribution >= 0.6 is 0 Å². The minimum Gasteiger partial charge on any atom is -0.393 e. The third-order valence-corrected chi connectivity index (χ3v) is 13.6. The number of hydrogen-bond donors (Lipinski definition) is 6. The number of carbonyl (C=O) groups excluding carboxylic acids is 3. The number of carbonyl (C=O) groups is 3. The highest BCUT2D eigenvalue weighted by molar-refractivity contribution is 6.11. The van der Waals surface area contributed by atoms with Crippen molar-refractivity contribution in [1.82, 2.24) is 39.9 Å². The van der Waals surface area contributed by atoms with Crippen molar-refractivity contribution < 1.29 is 23.2 Å². The van der Waals surface area contributed by atoms with Crippen LogP contribution in [0.25, 0.3) is 16.6 Å². The Kier molecular flexibility index (Phi) is 14.3. The number of benzene rings is 2. The number of pyridine rings is 1. The van der Waals surface area contributed by atoms with E-state index in [-0.39, 0.29) is 54.3 Å². The summed E-state index contributed by atoms with van der Waals surface area (Å²) in [7, 11) is 3.34. The number of imidazole rings is 1. The lowest BCUT2D eigenvalue weighted by atomic mass is 9.91. The van der Waals surface area contributed by atoms with E-state index in [9.17, 15) is 33.4 Å². The predicted molar refractivity (Wildman–Crippen MR) is 256 cm³/mol. The van der Waals surface area contributed by atoms with Crippen LogP contribution in [0.1, 0.15) is 92.3 Å². The Morgan fingerprint density at radius 1 is 1.00 bits per heavy atom. The van der Waals surface area contributed by atoms with Gasteiger partial charge in [-0.05, 0) is 105 Å². The molecule has 2 saturated heterocycles. The van der Waals surface area contributed by atoms with Crippen LogP contribution in [0.3, 0.4) is 0 Å². The summed E-state index contributed by atoms with van der Waals surface area (Å²) < 4.78 is 32.1. The number of fused-ring (bicyclic) bond motifs is 2. The van der Waals surface area contributed by atoms with Crippen LogP contribution in [0, 0.1) is 10.8 Å². The molecule has 4 aliphatic heterocycles. The van der Waals surface area contributed by atoms with E-state index in [4.69, 9.17) is 10.4 Å². The van der Waals surface area contributed by atoms with Gasteiger partial charge in [-0.3, -0.25) is 39.2 Å². The fourth-order valence-electron chi connectivity index (χ4n) is 9.89. The summed E-state index contributed by atoms with van der Waals surface area (Å²) in [5.41, 5.74) is 7.45. The number of hydrogen-bond acceptors (Lipinski definition) is 11. The Balaban J connectivity index is 0.841. The zero-order valence-electron chi connectivity index (χ0n) is 38.4. The van der Waals surface area contributed by atoms with E-state index in [1.807, 2.05) is 35.4 Å². The second-order valence-electron chi connectivity index (χ2n) is 17.9.